The predicted molar refractivity (Wildman–Crippen MR) is 116 cm³/mol. The van der Waals surface area contributed by atoms with Gasteiger partial charge in [0.05, 0.1) is 31.4 Å². The molecule has 2 aliphatic heterocycles. The van der Waals surface area contributed by atoms with Gasteiger partial charge in [-0.15, -0.1) is 0 Å². The molecule has 0 radical (unpaired) electrons. The smallest absolute Gasteiger partial charge is 0.378 e. The predicted octanol–water partition coefficient (Wildman–Crippen LogP) is 3.14. The van der Waals surface area contributed by atoms with Crippen molar-refractivity contribution in [3.63, 3.8) is 0 Å². The third-order valence-corrected chi connectivity index (χ3v) is 6.17. The first kappa shape index (κ1) is 22.9. The van der Waals surface area contributed by atoms with Crippen LogP contribution in [0.25, 0.3) is 11.2 Å². The molecule has 0 bridgehead atoms. The largest absolute Gasteiger partial charge is 0.406 e. The van der Waals surface area contributed by atoms with Crippen molar-refractivity contribution in [3.8, 4) is 0 Å². The van der Waals surface area contributed by atoms with Gasteiger partial charge in [-0.1, -0.05) is 0 Å². The molecule has 34 heavy (non-hydrogen) atoms. The molecule has 0 saturated carbocycles. The van der Waals surface area contributed by atoms with Gasteiger partial charge in [0, 0.05) is 32.1 Å². The molecule has 1 atom stereocenters. The lowest BCUT2D eigenvalue weighted by molar-refractivity contribution is -0.140. The highest BCUT2D eigenvalue weighted by molar-refractivity contribution is 5.83. The van der Waals surface area contributed by atoms with E-state index in [2.05, 4.69) is 19.9 Å². The van der Waals surface area contributed by atoms with Crippen LogP contribution >= 0.6 is 0 Å². The van der Waals surface area contributed by atoms with Crippen molar-refractivity contribution in [1.82, 2.24) is 29.4 Å². The van der Waals surface area contributed by atoms with Crippen LogP contribution < -0.4 is 4.90 Å². The van der Waals surface area contributed by atoms with Crippen LogP contribution in [0.2, 0.25) is 0 Å². The molecule has 2 saturated heterocycles. The van der Waals surface area contributed by atoms with Crippen molar-refractivity contribution in [2.75, 3.05) is 44.3 Å². The lowest BCUT2D eigenvalue weighted by Crippen LogP contribution is -2.38. The van der Waals surface area contributed by atoms with E-state index in [1.54, 1.807) is 6.07 Å². The zero-order valence-corrected chi connectivity index (χ0v) is 18.5. The number of aromatic nitrogens is 5. The zero-order chi connectivity index (χ0) is 23.7. The number of fused-ring (bicyclic) bond motifs is 1. The van der Waals surface area contributed by atoms with Crippen LogP contribution in [0.4, 0.5) is 23.4 Å². The highest BCUT2D eigenvalue weighted by Crippen LogP contribution is 2.31. The summed E-state index contributed by atoms with van der Waals surface area (Å²) in [5.74, 6) is 0.650. The van der Waals surface area contributed by atoms with E-state index in [0.717, 1.165) is 29.6 Å². The molecule has 5 heterocycles. The lowest BCUT2D eigenvalue weighted by Gasteiger charge is -2.33. The summed E-state index contributed by atoms with van der Waals surface area (Å²) in [6.07, 6.45) is -0.281. The summed E-state index contributed by atoms with van der Waals surface area (Å²) in [5, 5.41) is 0. The quantitative estimate of drug-likeness (QED) is 0.521. The maximum absolute atomic E-state index is 13.2. The van der Waals surface area contributed by atoms with Crippen LogP contribution in [0.15, 0.2) is 24.7 Å². The number of pyridine rings is 1. The average molecular weight is 479 g/mol. The van der Waals surface area contributed by atoms with Gasteiger partial charge < -0.3 is 14.2 Å². The summed E-state index contributed by atoms with van der Waals surface area (Å²) >= 11 is 0. The molecule has 3 aromatic rings. The van der Waals surface area contributed by atoms with E-state index in [-0.39, 0.29) is 17.4 Å². The molecule has 12 heteroatoms. The third-order valence-electron chi connectivity index (χ3n) is 6.17. The minimum absolute atomic E-state index is 0.0485. The van der Waals surface area contributed by atoms with E-state index in [1.165, 1.54) is 18.6 Å². The normalized spacial score (nSPS) is 20.2. The number of imidazole rings is 1. The van der Waals surface area contributed by atoms with Crippen molar-refractivity contribution < 1.29 is 22.3 Å². The number of rotatable bonds is 5. The van der Waals surface area contributed by atoms with Gasteiger partial charge in [0.25, 0.3) is 0 Å². The molecule has 5 rings (SSSR count). The fourth-order valence-electron chi connectivity index (χ4n) is 4.57. The SMILES string of the molecule is Fc1ccc(CN2CCCC(c3nc(N4CCOCC4)c4ncn(CC(F)(F)F)c4n3)C2)nc1. The lowest BCUT2D eigenvalue weighted by atomic mass is 9.97. The van der Waals surface area contributed by atoms with Crippen LogP contribution in [0.1, 0.15) is 30.3 Å². The van der Waals surface area contributed by atoms with Gasteiger partial charge in [-0.3, -0.25) is 9.88 Å². The number of alkyl halides is 3. The molecular weight excluding hydrogens is 454 g/mol. The molecule has 3 aromatic heterocycles. The average Bonchev–Trinajstić information content (AvgIpc) is 3.22. The van der Waals surface area contributed by atoms with Crippen molar-refractivity contribution in [3.05, 3.63) is 42.0 Å². The Hall–Kier alpha value is -2.86. The van der Waals surface area contributed by atoms with Crippen molar-refractivity contribution in [2.45, 2.75) is 38.0 Å². The van der Waals surface area contributed by atoms with Gasteiger partial charge in [0.1, 0.15) is 18.2 Å². The van der Waals surface area contributed by atoms with E-state index in [9.17, 15) is 17.6 Å². The van der Waals surface area contributed by atoms with Crippen LogP contribution in [-0.2, 0) is 17.8 Å². The first-order chi connectivity index (χ1) is 16.4. The van der Waals surface area contributed by atoms with Gasteiger partial charge in [-0.25, -0.2) is 19.3 Å². The van der Waals surface area contributed by atoms with Gasteiger partial charge in [-0.2, -0.15) is 13.2 Å². The Labute approximate surface area is 193 Å². The monoisotopic (exact) mass is 479 g/mol. The minimum Gasteiger partial charge on any atom is -0.378 e. The molecule has 8 nitrogen and oxygen atoms in total. The molecule has 1 unspecified atom stereocenters. The second-order valence-corrected chi connectivity index (χ2v) is 8.71. The highest BCUT2D eigenvalue weighted by Gasteiger charge is 2.31. The zero-order valence-electron chi connectivity index (χ0n) is 18.5. The van der Waals surface area contributed by atoms with E-state index in [4.69, 9.17) is 9.72 Å². The Bertz CT molecular complexity index is 1130. The molecule has 182 valence electrons. The summed E-state index contributed by atoms with van der Waals surface area (Å²) in [6.45, 7) is 3.10. The summed E-state index contributed by atoms with van der Waals surface area (Å²) in [6, 6.07) is 3.05. The van der Waals surface area contributed by atoms with E-state index < -0.39 is 12.7 Å². The molecule has 0 aromatic carbocycles. The number of nitrogens with zero attached hydrogens (tertiary/aromatic N) is 7. The summed E-state index contributed by atoms with van der Waals surface area (Å²) < 4.78 is 59.2. The first-order valence-electron chi connectivity index (χ1n) is 11.3. The number of hydrogen-bond donors (Lipinski definition) is 0. The van der Waals surface area contributed by atoms with E-state index in [1.807, 2.05) is 4.90 Å². The molecule has 0 amide bonds. The Morgan fingerprint density at radius 3 is 2.62 bits per heavy atom. The molecule has 2 aliphatic rings. The number of morpholine rings is 1. The van der Waals surface area contributed by atoms with Crippen molar-refractivity contribution >= 4 is 17.0 Å². The molecule has 0 aliphatic carbocycles. The second-order valence-electron chi connectivity index (χ2n) is 8.71. The van der Waals surface area contributed by atoms with Crippen LogP contribution in [-0.4, -0.2) is 75.0 Å². The standard InChI is InChI=1S/C22H25F4N7O/c23-16-3-4-17(27-10-16)12-31-5-1-2-15(11-31)19-29-20(32-6-8-34-9-7-32)18-21(30-19)33(14-28-18)13-22(24,25)26/h3-4,10,14-15H,1-2,5-9,11-13H2. The summed E-state index contributed by atoms with van der Waals surface area (Å²) in [7, 11) is 0. The van der Waals surface area contributed by atoms with Gasteiger partial charge in [0.2, 0.25) is 0 Å². The van der Waals surface area contributed by atoms with Gasteiger partial charge >= 0.3 is 6.18 Å². The highest BCUT2D eigenvalue weighted by atomic mass is 19.4. The molecular formula is C22H25F4N7O. The number of likely N-dealkylation sites (tertiary alicyclic amines) is 1. The Kier molecular flexibility index (Phi) is 6.34. The number of anilines is 1. The number of halogens is 4. The molecule has 0 spiro atoms. The summed E-state index contributed by atoms with van der Waals surface area (Å²) in [4.78, 5) is 22.0. The maximum Gasteiger partial charge on any atom is 0.406 e. The fourth-order valence-corrected chi connectivity index (χ4v) is 4.57. The molecule has 0 N–H and O–H groups in total. The Balaban J connectivity index is 1.46. The fraction of sp³-hybridized carbons (Fsp3) is 0.545. The third kappa shape index (κ3) is 5.12. The van der Waals surface area contributed by atoms with E-state index in [0.29, 0.717) is 56.6 Å². The van der Waals surface area contributed by atoms with Crippen LogP contribution in [0.3, 0.4) is 0 Å². The topological polar surface area (TPSA) is 72.2 Å². The van der Waals surface area contributed by atoms with Crippen LogP contribution in [0, 0.1) is 5.82 Å². The Morgan fingerprint density at radius 1 is 1.06 bits per heavy atom. The minimum atomic E-state index is -4.39. The maximum atomic E-state index is 13.2. The van der Waals surface area contributed by atoms with Crippen molar-refractivity contribution in [2.24, 2.45) is 0 Å². The second kappa shape index (κ2) is 9.41. The summed E-state index contributed by atoms with van der Waals surface area (Å²) in [5.41, 5.74) is 1.33. The van der Waals surface area contributed by atoms with Gasteiger partial charge in [0.15, 0.2) is 17.0 Å². The number of piperidine rings is 1. The molecule has 2 fully saturated rings. The van der Waals surface area contributed by atoms with Gasteiger partial charge in [-0.05, 0) is 31.5 Å². The van der Waals surface area contributed by atoms with Crippen LogP contribution in [0.5, 0.6) is 0 Å². The number of hydrogen-bond acceptors (Lipinski definition) is 7. The number of ether oxygens (including phenoxy) is 1. The van der Waals surface area contributed by atoms with Crippen molar-refractivity contribution in [1.29, 1.82) is 0 Å². The first-order valence-corrected chi connectivity index (χ1v) is 11.3. The Morgan fingerprint density at radius 2 is 1.88 bits per heavy atom. The van der Waals surface area contributed by atoms with E-state index >= 15 is 0 Å².